The van der Waals surface area contributed by atoms with Crippen LogP contribution in [0.15, 0.2) is 28.7 Å². The van der Waals surface area contributed by atoms with E-state index in [-0.39, 0.29) is 0 Å². The van der Waals surface area contributed by atoms with Crippen molar-refractivity contribution in [2.24, 2.45) is 5.73 Å². The molecule has 0 spiro atoms. The largest absolute Gasteiger partial charge is 0.326 e. The van der Waals surface area contributed by atoms with Crippen LogP contribution in [0.25, 0.3) is 5.69 Å². The molecule has 0 fully saturated rings. The first-order valence-electron chi connectivity index (χ1n) is 5.69. The van der Waals surface area contributed by atoms with E-state index >= 15 is 0 Å². The molecule has 2 N–H and O–H groups in total. The molecule has 17 heavy (non-hydrogen) atoms. The van der Waals surface area contributed by atoms with E-state index in [4.69, 9.17) is 5.73 Å². The third-order valence-corrected chi connectivity index (χ3v) is 4.02. The zero-order valence-corrected chi connectivity index (χ0v) is 12.0. The van der Waals surface area contributed by atoms with Crippen molar-refractivity contribution in [3.05, 3.63) is 51.3 Å². The maximum absolute atomic E-state index is 5.74. The first-order valence-corrected chi connectivity index (χ1v) is 6.48. The summed E-state index contributed by atoms with van der Waals surface area (Å²) in [6, 6.07) is 8.57. The van der Waals surface area contributed by atoms with Gasteiger partial charge in [-0.2, -0.15) is 0 Å². The summed E-state index contributed by atoms with van der Waals surface area (Å²) < 4.78 is 3.38. The van der Waals surface area contributed by atoms with Gasteiger partial charge in [0.1, 0.15) is 0 Å². The lowest BCUT2D eigenvalue weighted by Gasteiger charge is -2.11. The Morgan fingerprint density at radius 3 is 2.41 bits per heavy atom. The van der Waals surface area contributed by atoms with E-state index < -0.39 is 0 Å². The Morgan fingerprint density at radius 1 is 1.18 bits per heavy atom. The summed E-state index contributed by atoms with van der Waals surface area (Å²) >= 11 is 3.58. The zero-order valence-electron chi connectivity index (χ0n) is 10.4. The number of aromatic nitrogens is 1. The summed E-state index contributed by atoms with van der Waals surface area (Å²) in [6.07, 6.45) is 0. The molecule has 2 nitrogen and oxygen atoms in total. The Morgan fingerprint density at radius 2 is 1.88 bits per heavy atom. The normalized spacial score (nSPS) is 10.9. The van der Waals surface area contributed by atoms with Crippen LogP contribution in [0, 0.1) is 20.8 Å². The highest BCUT2D eigenvalue weighted by Gasteiger charge is 2.10. The molecule has 1 aromatic carbocycles. The smallest absolute Gasteiger partial charge is 0.0466 e. The monoisotopic (exact) mass is 292 g/mol. The molecule has 0 bridgehead atoms. The number of nitrogens with two attached hydrogens (primary N) is 1. The summed E-state index contributed by atoms with van der Waals surface area (Å²) in [5, 5.41) is 0. The molecule has 1 heterocycles. The van der Waals surface area contributed by atoms with Crippen molar-refractivity contribution in [3.8, 4) is 5.69 Å². The SMILES string of the molecule is Cc1ccc(-n2c(C)cc(CN)c2C)cc1Br. The van der Waals surface area contributed by atoms with Crippen LogP contribution in [-0.2, 0) is 6.54 Å². The molecular formula is C14H17BrN2. The van der Waals surface area contributed by atoms with E-state index in [1.807, 2.05) is 0 Å². The van der Waals surface area contributed by atoms with Gasteiger partial charge in [-0.25, -0.2) is 0 Å². The Balaban J connectivity index is 2.60. The molecule has 0 amide bonds. The van der Waals surface area contributed by atoms with Crippen LogP contribution in [-0.4, -0.2) is 4.57 Å². The summed E-state index contributed by atoms with van der Waals surface area (Å²) in [5.74, 6) is 0. The Hall–Kier alpha value is -1.06. The minimum Gasteiger partial charge on any atom is -0.326 e. The number of rotatable bonds is 2. The number of hydrogen-bond donors (Lipinski definition) is 1. The molecule has 0 saturated carbocycles. The summed E-state index contributed by atoms with van der Waals surface area (Å²) in [5.41, 5.74) is 11.8. The summed E-state index contributed by atoms with van der Waals surface area (Å²) in [4.78, 5) is 0. The standard InChI is InChI=1S/C14H17BrN2/c1-9-4-5-13(7-14(9)15)17-10(2)6-12(8-16)11(17)3/h4-7H,8,16H2,1-3H3. The minimum absolute atomic E-state index is 0.590. The van der Waals surface area contributed by atoms with Gasteiger partial charge in [0.25, 0.3) is 0 Å². The van der Waals surface area contributed by atoms with Crippen molar-refractivity contribution in [1.29, 1.82) is 0 Å². The predicted molar refractivity (Wildman–Crippen MR) is 75.6 cm³/mol. The molecule has 0 radical (unpaired) electrons. The molecule has 0 saturated heterocycles. The van der Waals surface area contributed by atoms with Gasteiger partial charge in [-0.3, -0.25) is 0 Å². The highest BCUT2D eigenvalue weighted by atomic mass is 79.9. The molecule has 2 rings (SSSR count). The van der Waals surface area contributed by atoms with Gasteiger partial charge in [0.2, 0.25) is 0 Å². The van der Waals surface area contributed by atoms with E-state index in [2.05, 4.69) is 65.5 Å². The van der Waals surface area contributed by atoms with E-state index in [1.54, 1.807) is 0 Å². The third-order valence-electron chi connectivity index (χ3n) is 3.17. The van der Waals surface area contributed by atoms with Crippen LogP contribution in [0.2, 0.25) is 0 Å². The molecular weight excluding hydrogens is 276 g/mol. The molecule has 0 aliphatic heterocycles. The zero-order chi connectivity index (χ0) is 12.6. The first-order chi connectivity index (χ1) is 8.04. The number of benzene rings is 1. The van der Waals surface area contributed by atoms with Crippen molar-refractivity contribution in [1.82, 2.24) is 4.57 Å². The molecule has 1 aromatic heterocycles. The van der Waals surface area contributed by atoms with E-state index in [9.17, 15) is 0 Å². The Labute approximate surface area is 111 Å². The fourth-order valence-corrected chi connectivity index (χ4v) is 2.52. The van der Waals surface area contributed by atoms with Crippen LogP contribution >= 0.6 is 15.9 Å². The maximum atomic E-state index is 5.74. The molecule has 0 aliphatic rings. The molecule has 3 heteroatoms. The van der Waals surface area contributed by atoms with Gasteiger partial charge in [-0.05, 0) is 50.1 Å². The van der Waals surface area contributed by atoms with Crippen LogP contribution in [0.5, 0.6) is 0 Å². The van der Waals surface area contributed by atoms with Crippen LogP contribution in [0.3, 0.4) is 0 Å². The Bertz CT molecular complexity index is 556. The highest BCUT2D eigenvalue weighted by Crippen LogP contribution is 2.24. The number of halogens is 1. The second-order valence-electron chi connectivity index (χ2n) is 4.37. The van der Waals surface area contributed by atoms with E-state index in [1.165, 1.54) is 28.2 Å². The van der Waals surface area contributed by atoms with Crippen molar-refractivity contribution in [2.45, 2.75) is 27.3 Å². The molecule has 0 aliphatic carbocycles. The van der Waals surface area contributed by atoms with Gasteiger partial charge < -0.3 is 10.3 Å². The quantitative estimate of drug-likeness (QED) is 0.900. The van der Waals surface area contributed by atoms with Gasteiger partial charge in [-0.15, -0.1) is 0 Å². The number of aryl methyl sites for hydroxylation is 2. The van der Waals surface area contributed by atoms with Gasteiger partial charge in [-0.1, -0.05) is 22.0 Å². The lowest BCUT2D eigenvalue weighted by molar-refractivity contribution is 0.941. The average Bonchev–Trinajstić information content (AvgIpc) is 2.58. The van der Waals surface area contributed by atoms with Gasteiger partial charge in [0.05, 0.1) is 0 Å². The van der Waals surface area contributed by atoms with Gasteiger partial charge in [0, 0.05) is 28.1 Å². The Kier molecular flexibility index (Phi) is 3.40. The summed E-state index contributed by atoms with van der Waals surface area (Å²) in [6.45, 7) is 6.91. The highest BCUT2D eigenvalue weighted by molar-refractivity contribution is 9.10. The number of hydrogen-bond acceptors (Lipinski definition) is 1. The molecule has 2 aromatic rings. The van der Waals surface area contributed by atoms with Crippen molar-refractivity contribution >= 4 is 15.9 Å². The molecule has 0 atom stereocenters. The lowest BCUT2D eigenvalue weighted by atomic mass is 10.2. The lowest BCUT2D eigenvalue weighted by Crippen LogP contribution is -2.02. The topological polar surface area (TPSA) is 30.9 Å². The minimum atomic E-state index is 0.590. The van der Waals surface area contributed by atoms with Crippen molar-refractivity contribution in [3.63, 3.8) is 0 Å². The first kappa shape index (κ1) is 12.4. The van der Waals surface area contributed by atoms with Crippen LogP contribution < -0.4 is 5.73 Å². The number of nitrogens with zero attached hydrogens (tertiary/aromatic N) is 1. The summed E-state index contributed by atoms with van der Waals surface area (Å²) in [7, 11) is 0. The molecule has 90 valence electrons. The average molecular weight is 293 g/mol. The van der Waals surface area contributed by atoms with E-state index in [0.717, 1.165) is 4.47 Å². The van der Waals surface area contributed by atoms with Crippen molar-refractivity contribution in [2.75, 3.05) is 0 Å². The third kappa shape index (κ3) is 2.17. The second-order valence-corrected chi connectivity index (χ2v) is 5.22. The molecule has 0 unspecified atom stereocenters. The van der Waals surface area contributed by atoms with Crippen LogP contribution in [0.4, 0.5) is 0 Å². The van der Waals surface area contributed by atoms with Gasteiger partial charge in [0.15, 0.2) is 0 Å². The van der Waals surface area contributed by atoms with E-state index in [0.29, 0.717) is 6.54 Å². The fourth-order valence-electron chi connectivity index (χ4n) is 2.15. The van der Waals surface area contributed by atoms with Crippen molar-refractivity contribution < 1.29 is 0 Å². The fraction of sp³-hybridized carbons (Fsp3) is 0.286. The van der Waals surface area contributed by atoms with Gasteiger partial charge >= 0.3 is 0 Å². The predicted octanol–water partition coefficient (Wildman–Crippen LogP) is 3.62. The van der Waals surface area contributed by atoms with Crippen LogP contribution in [0.1, 0.15) is 22.5 Å². The maximum Gasteiger partial charge on any atom is 0.0466 e. The second kappa shape index (κ2) is 4.67.